The van der Waals surface area contributed by atoms with Gasteiger partial charge in [-0.15, -0.1) is 0 Å². The number of hydrogen-bond donors (Lipinski definition) is 0. The first kappa shape index (κ1) is 15.5. The van der Waals surface area contributed by atoms with E-state index in [-0.39, 0.29) is 11.3 Å². The summed E-state index contributed by atoms with van der Waals surface area (Å²) in [7, 11) is -5.84. The number of para-hydroxylation sites is 1. The van der Waals surface area contributed by atoms with E-state index in [2.05, 4.69) is 0 Å². The van der Waals surface area contributed by atoms with Crippen LogP contribution in [0.1, 0.15) is 5.56 Å². The summed E-state index contributed by atoms with van der Waals surface area (Å²) in [6, 6.07) is 8.12. The van der Waals surface area contributed by atoms with E-state index >= 15 is 0 Å². The van der Waals surface area contributed by atoms with Crippen molar-refractivity contribution in [2.45, 2.75) is 0 Å². The third kappa shape index (κ3) is 4.22. The normalized spacial score (nSPS) is 11.8. The Hall–Kier alpha value is -1.59. The van der Waals surface area contributed by atoms with Crippen LogP contribution in [-0.2, 0) is 19.9 Å². The van der Waals surface area contributed by atoms with Crippen LogP contribution >= 0.6 is 0 Å². The maximum atomic E-state index is 12.0. The van der Waals surface area contributed by atoms with E-state index < -0.39 is 31.4 Å². The Balaban J connectivity index is 3.06. The van der Waals surface area contributed by atoms with Crippen LogP contribution in [0.4, 0.5) is 5.69 Å². The molecule has 0 radical (unpaired) electrons. The lowest BCUT2D eigenvalue weighted by Crippen LogP contribution is -2.32. The number of nitriles is 1. The first-order chi connectivity index (χ1) is 8.67. The third-order valence-electron chi connectivity index (χ3n) is 2.49. The molecule has 19 heavy (non-hydrogen) atoms. The Kier molecular flexibility index (Phi) is 4.55. The third-order valence-corrected chi connectivity index (χ3v) is 5.45. The van der Waals surface area contributed by atoms with Crippen LogP contribution in [-0.4, -0.2) is 41.6 Å². The van der Waals surface area contributed by atoms with Gasteiger partial charge in [-0.25, -0.2) is 16.8 Å². The Morgan fingerprint density at radius 3 is 2.26 bits per heavy atom. The second-order valence-corrected chi connectivity index (χ2v) is 8.42. The zero-order valence-corrected chi connectivity index (χ0v) is 12.2. The maximum absolute atomic E-state index is 12.0. The lowest BCUT2D eigenvalue weighted by molar-refractivity contribution is 0.589. The van der Waals surface area contributed by atoms with Crippen molar-refractivity contribution in [3.05, 3.63) is 29.8 Å². The van der Waals surface area contributed by atoms with Gasteiger partial charge >= 0.3 is 0 Å². The standard InChI is InChI=1S/C11H14N2O4S2/c1-13(11-6-4-3-5-10(11)9-12)19(16,17)8-7-18(2,14)15/h3-6H,7-8H2,1-2H3. The molecule has 0 aliphatic heterocycles. The zero-order chi connectivity index (χ0) is 14.7. The molecule has 104 valence electrons. The molecule has 0 unspecified atom stereocenters. The molecule has 0 heterocycles. The van der Waals surface area contributed by atoms with Gasteiger partial charge in [-0.1, -0.05) is 12.1 Å². The smallest absolute Gasteiger partial charge is 0.235 e. The predicted molar refractivity (Wildman–Crippen MR) is 73.1 cm³/mol. The van der Waals surface area contributed by atoms with E-state index in [1.54, 1.807) is 12.1 Å². The van der Waals surface area contributed by atoms with Gasteiger partial charge in [0.2, 0.25) is 10.0 Å². The lowest BCUT2D eigenvalue weighted by atomic mass is 10.2. The molecule has 1 aromatic carbocycles. The molecule has 0 N–H and O–H groups in total. The fourth-order valence-corrected chi connectivity index (χ4v) is 4.17. The summed E-state index contributed by atoms with van der Waals surface area (Å²) in [5.74, 6) is -0.962. The van der Waals surface area contributed by atoms with Crippen molar-refractivity contribution in [2.24, 2.45) is 0 Å². The van der Waals surface area contributed by atoms with E-state index in [1.807, 2.05) is 6.07 Å². The number of benzene rings is 1. The summed E-state index contributed by atoms with van der Waals surface area (Å²) in [5.41, 5.74) is 0.450. The average Bonchev–Trinajstić information content (AvgIpc) is 2.35. The van der Waals surface area contributed by atoms with Crippen molar-refractivity contribution in [1.29, 1.82) is 5.26 Å². The Labute approximate surface area is 113 Å². The number of hydrogen-bond acceptors (Lipinski definition) is 5. The average molecular weight is 302 g/mol. The lowest BCUT2D eigenvalue weighted by Gasteiger charge is -2.20. The summed E-state index contributed by atoms with van der Waals surface area (Å²) in [5, 5.41) is 8.92. The molecule has 0 saturated carbocycles. The molecule has 6 nitrogen and oxygen atoms in total. The minimum absolute atomic E-state index is 0.216. The van der Waals surface area contributed by atoms with Crippen LogP contribution in [0.25, 0.3) is 0 Å². The number of nitrogens with zero attached hydrogens (tertiary/aromatic N) is 2. The highest BCUT2D eigenvalue weighted by molar-refractivity contribution is 7.95. The summed E-state index contributed by atoms with van der Waals surface area (Å²) in [6.45, 7) is 0. The monoisotopic (exact) mass is 302 g/mol. The molecule has 0 atom stereocenters. The van der Waals surface area contributed by atoms with Crippen molar-refractivity contribution < 1.29 is 16.8 Å². The summed E-state index contributed by atoms with van der Waals surface area (Å²) in [6.07, 6.45) is 0.978. The second kappa shape index (κ2) is 5.59. The van der Waals surface area contributed by atoms with Crippen LogP contribution in [0.2, 0.25) is 0 Å². The molecule has 0 aromatic heterocycles. The topological polar surface area (TPSA) is 95.3 Å². The summed E-state index contributed by atoms with van der Waals surface area (Å²) < 4.78 is 47.0. The fourth-order valence-electron chi connectivity index (χ4n) is 1.39. The first-order valence-electron chi connectivity index (χ1n) is 5.31. The van der Waals surface area contributed by atoms with Crippen molar-refractivity contribution in [3.63, 3.8) is 0 Å². The van der Waals surface area contributed by atoms with Crippen LogP contribution < -0.4 is 4.31 Å². The quantitative estimate of drug-likeness (QED) is 0.783. The van der Waals surface area contributed by atoms with E-state index in [0.717, 1.165) is 10.6 Å². The zero-order valence-electron chi connectivity index (χ0n) is 10.6. The molecule has 0 bridgehead atoms. The Morgan fingerprint density at radius 2 is 1.74 bits per heavy atom. The first-order valence-corrected chi connectivity index (χ1v) is 8.98. The van der Waals surface area contributed by atoms with Crippen molar-refractivity contribution in [2.75, 3.05) is 29.1 Å². The van der Waals surface area contributed by atoms with E-state index in [1.165, 1.54) is 19.2 Å². The van der Waals surface area contributed by atoms with Gasteiger partial charge in [-0.3, -0.25) is 4.31 Å². The van der Waals surface area contributed by atoms with Gasteiger partial charge in [0, 0.05) is 13.3 Å². The van der Waals surface area contributed by atoms with Crippen molar-refractivity contribution >= 4 is 25.5 Å². The highest BCUT2D eigenvalue weighted by Gasteiger charge is 2.22. The van der Waals surface area contributed by atoms with Gasteiger partial charge in [0.25, 0.3) is 0 Å². The maximum Gasteiger partial charge on any atom is 0.235 e. The van der Waals surface area contributed by atoms with Crippen LogP contribution in [0, 0.1) is 11.3 Å². The molecule has 0 spiro atoms. The number of anilines is 1. The number of rotatable bonds is 5. The van der Waals surface area contributed by atoms with Gasteiger partial charge < -0.3 is 0 Å². The molecule has 8 heteroatoms. The summed E-state index contributed by atoms with van der Waals surface area (Å²) in [4.78, 5) is 0. The fraction of sp³-hybridized carbons (Fsp3) is 0.364. The highest BCUT2D eigenvalue weighted by atomic mass is 32.2. The van der Waals surface area contributed by atoms with Gasteiger partial charge in [-0.05, 0) is 12.1 Å². The van der Waals surface area contributed by atoms with Crippen LogP contribution in [0.5, 0.6) is 0 Å². The summed E-state index contributed by atoms with van der Waals surface area (Å²) >= 11 is 0. The SMILES string of the molecule is CN(c1ccccc1C#N)S(=O)(=O)CCS(C)(=O)=O. The molecule has 1 aromatic rings. The molecule has 0 aliphatic rings. The van der Waals surface area contributed by atoms with Gasteiger partial charge in [-0.2, -0.15) is 5.26 Å². The van der Waals surface area contributed by atoms with Crippen LogP contribution in [0.15, 0.2) is 24.3 Å². The predicted octanol–water partition coefficient (Wildman–Crippen LogP) is 0.369. The van der Waals surface area contributed by atoms with Crippen LogP contribution in [0.3, 0.4) is 0 Å². The largest absolute Gasteiger partial charge is 0.272 e. The van der Waals surface area contributed by atoms with Crippen molar-refractivity contribution in [1.82, 2.24) is 0 Å². The molecular formula is C11H14N2O4S2. The number of sulfonamides is 1. The van der Waals surface area contributed by atoms with Gasteiger partial charge in [0.15, 0.2) is 0 Å². The molecule has 1 rings (SSSR count). The second-order valence-electron chi connectivity index (χ2n) is 4.04. The molecular weight excluding hydrogens is 288 g/mol. The van der Waals surface area contributed by atoms with E-state index in [9.17, 15) is 16.8 Å². The van der Waals surface area contributed by atoms with E-state index in [4.69, 9.17) is 5.26 Å². The minimum Gasteiger partial charge on any atom is -0.272 e. The van der Waals surface area contributed by atoms with Gasteiger partial charge in [0.05, 0.1) is 22.8 Å². The highest BCUT2D eigenvalue weighted by Crippen LogP contribution is 2.21. The van der Waals surface area contributed by atoms with Gasteiger partial charge in [0.1, 0.15) is 15.9 Å². The van der Waals surface area contributed by atoms with E-state index in [0.29, 0.717) is 0 Å². The Bertz CT molecular complexity index is 702. The minimum atomic E-state index is -3.78. The molecule has 0 fully saturated rings. The molecule has 0 amide bonds. The molecule has 0 aliphatic carbocycles. The molecule has 0 saturated heterocycles. The van der Waals surface area contributed by atoms with Crippen molar-refractivity contribution in [3.8, 4) is 6.07 Å². The number of sulfone groups is 1. The Morgan fingerprint density at radius 1 is 1.16 bits per heavy atom.